The van der Waals surface area contributed by atoms with Crippen LogP contribution in [0.15, 0.2) is 12.4 Å². The highest BCUT2D eigenvalue weighted by molar-refractivity contribution is 5.96. The molecule has 0 bridgehead atoms. The van der Waals surface area contributed by atoms with Gasteiger partial charge in [0.05, 0.1) is 26.7 Å². The molecule has 0 spiro atoms. The van der Waals surface area contributed by atoms with Gasteiger partial charge in [0.1, 0.15) is 17.7 Å². The summed E-state index contributed by atoms with van der Waals surface area (Å²) in [5.74, 6) is 2.45. The molecular formula is C16H24ClN3O3. The first-order chi connectivity index (χ1) is 10.7. The van der Waals surface area contributed by atoms with Crippen LogP contribution in [0.25, 0.3) is 10.9 Å². The normalized spacial score (nSPS) is 10.3. The highest BCUT2D eigenvalue weighted by Gasteiger charge is 2.19. The van der Waals surface area contributed by atoms with Gasteiger partial charge in [-0.1, -0.05) is 13.8 Å². The molecular weight excluding hydrogens is 318 g/mol. The molecule has 1 aromatic heterocycles. The van der Waals surface area contributed by atoms with Gasteiger partial charge in [-0.25, -0.2) is 9.97 Å². The number of fused-ring (bicyclic) bond motifs is 1. The lowest BCUT2D eigenvalue weighted by Crippen LogP contribution is -2.18. The van der Waals surface area contributed by atoms with Gasteiger partial charge >= 0.3 is 0 Å². The summed E-state index contributed by atoms with van der Waals surface area (Å²) in [7, 11) is 4.77. The van der Waals surface area contributed by atoms with E-state index in [1.807, 2.05) is 6.07 Å². The lowest BCUT2D eigenvalue weighted by atomic mass is 10.1. The van der Waals surface area contributed by atoms with E-state index in [4.69, 9.17) is 14.2 Å². The summed E-state index contributed by atoms with van der Waals surface area (Å²) < 4.78 is 16.3. The van der Waals surface area contributed by atoms with E-state index in [0.717, 1.165) is 24.0 Å². The molecule has 0 radical (unpaired) electrons. The summed E-state index contributed by atoms with van der Waals surface area (Å²) in [5.41, 5.74) is 0.698. The number of methoxy groups -OCH3 is 3. The summed E-state index contributed by atoms with van der Waals surface area (Å²) in [4.78, 5) is 8.72. The molecule has 128 valence electrons. The Morgan fingerprint density at radius 2 is 1.65 bits per heavy atom. The zero-order valence-corrected chi connectivity index (χ0v) is 15.0. The van der Waals surface area contributed by atoms with Gasteiger partial charge in [-0.05, 0) is 18.9 Å². The highest BCUT2D eigenvalue weighted by Crippen LogP contribution is 2.43. The Morgan fingerprint density at radius 1 is 1.00 bits per heavy atom. The first-order valence-corrected chi connectivity index (χ1v) is 7.40. The van der Waals surface area contributed by atoms with Gasteiger partial charge in [0.25, 0.3) is 0 Å². The number of rotatable bonds is 7. The number of halogens is 1. The fraction of sp³-hybridized carbons (Fsp3) is 0.500. The summed E-state index contributed by atoms with van der Waals surface area (Å²) in [6.07, 6.45) is 3.57. The maximum absolute atomic E-state index is 5.48. The Balaban J connectivity index is 0.00000264. The van der Waals surface area contributed by atoms with Crippen LogP contribution in [0.4, 0.5) is 5.82 Å². The molecule has 7 heteroatoms. The second-order valence-electron chi connectivity index (χ2n) is 4.92. The number of aromatic nitrogens is 2. The predicted molar refractivity (Wildman–Crippen MR) is 94.4 cm³/mol. The minimum atomic E-state index is 0. The molecule has 0 atom stereocenters. The fourth-order valence-electron chi connectivity index (χ4n) is 2.46. The largest absolute Gasteiger partial charge is 0.493 e. The summed E-state index contributed by atoms with van der Waals surface area (Å²) in [6.45, 7) is 4.30. The first kappa shape index (κ1) is 19.1. The number of anilines is 1. The van der Waals surface area contributed by atoms with E-state index in [1.54, 1.807) is 21.3 Å². The molecule has 0 aliphatic carbocycles. The van der Waals surface area contributed by atoms with Crippen LogP contribution in [0.1, 0.15) is 26.7 Å². The minimum absolute atomic E-state index is 0. The van der Waals surface area contributed by atoms with E-state index >= 15 is 0 Å². The molecule has 0 fully saturated rings. The molecule has 0 unspecified atom stereocenters. The van der Waals surface area contributed by atoms with Crippen LogP contribution in [-0.4, -0.2) is 37.3 Å². The molecule has 2 aromatic rings. The van der Waals surface area contributed by atoms with Crippen LogP contribution in [0, 0.1) is 0 Å². The van der Waals surface area contributed by atoms with Crippen molar-refractivity contribution in [3.63, 3.8) is 0 Å². The van der Waals surface area contributed by atoms with Crippen molar-refractivity contribution < 1.29 is 14.2 Å². The number of ether oxygens (including phenoxy) is 3. The number of hydrogen-bond donors (Lipinski definition) is 1. The van der Waals surface area contributed by atoms with Crippen molar-refractivity contribution in [1.29, 1.82) is 0 Å². The minimum Gasteiger partial charge on any atom is -0.493 e. The third-order valence-corrected chi connectivity index (χ3v) is 3.76. The second-order valence-corrected chi connectivity index (χ2v) is 4.92. The van der Waals surface area contributed by atoms with Crippen molar-refractivity contribution in [2.24, 2.45) is 0 Å². The third-order valence-electron chi connectivity index (χ3n) is 3.76. The lowest BCUT2D eigenvalue weighted by Gasteiger charge is -2.19. The van der Waals surface area contributed by atoms with Gasteiger partial charge < -0.3 is 19.5 Å². The molecule has 0 saturated heterocycles. The SMILES string of the molecule is CCC(CC)Nc1ncnc2c(OC)c(OC)c(OC)cc12.Cl. The van der Waals surface area contributed by atoms with Gasteiger partial charge in [-0.3, -0.25) is 0 Å². The Hall–Kier alpha value is -1.95. The van der Waals surface area contributed by atoms with E-state index in [0.29, 0.717) is 28.8 Å². The van der Waals surface area contributed by atoms with Crippen LogP contribution in [0.3, 0.4) is 0 Å². The number of nitrogens with zero attached hydrogens (tertiary/aromatic N) is 2. The molecule has 1 heterocycles. The van der Waals surface area contributed by atoms with Crippen LogP contribution in [0.2, 0.25) is 0 Å². The molecule has 1 aromatic carbocycles. The highest BCUT2D eigenvalue weighted by atomic mass is 35.5. The predicted octanol–water partition coefficient (Wildman–Crippen LogP) is 3.68. The van der Waals surface area contributed by atoms with Crippen molar-refractivity contribution >= 4 is 29.1 Å². The maximum atomic E-state index is 5.48. The quantitative estimate of drug-likeness (QED) is 0.828. The van der Waals surface area contributed by atoms with Crippen molar-refractivity contribution in [2.75, 3.05) is 26.6 Å². The van der Waals surface area contributed by atoms with E-state index in [9.17, 15) is 0 Å². The molecule has 0 amide bonds. The monoisotopic (exact) mass is 341 g/mol. The van der Waals surface area contributed by atoms with Gasteiger partial charge in [-0.15, -0.1) is 12.4 Å². The lowest BCUT2D eigenvalue weighted by molar-refractivity contribution is 0.327. The van der Waals surface area contributed by atoms with Gasteiger partial charge in [0.2, 0.25) is 5.75 Å². The van der Waals surface area contributed by atoms with E-state index in [-0.39, 0.29) is 12.4 Å². The third kappa shape index (κ3) is 3.69. The number of benzene rings is 1. The average Bonchev–Trinajstić information content (AvgIpc) is 2.57. The van der Waals surface area contributed by atoms with Crippen LogP contribution < -0.4 is 19.5 Å². The Labute approximate surface area is 143 Å². The Bertz CT molecular complexity index is 648. The fourth-order valence-corrected chi connectivity index (χ4v) is 2.46. The van der Waals surface area contributed by atoms with E-state index < -0.39 is 0 Å². The number of nitrogens with one attached hydrogen (secondary N) is 1. The van der Waals surface area contributed by atoms with E-state index in [2.05, 4.69) is 29.1 Å². The Kier molecular flexibility index (Phi) is 7.16. The van der Waals surface area contributed by atoms with Gasteiger partial charge in [-0.2, -0.15) is 0 Å². The molecule has 6 nitrogen and oxygen atoms in total. The van der Waals surface area contributed by atoms with Crippen molar-refractivity contribution in [2.45, 2.75) is 32.7 Å². The first-order valence-electron chi connectivity index (χ1n) is 7.40. The van der Waals surface area contributed by atoms with E-state index in [1.165, 1.54) is 6.33 Å². The van der Waals surface area contributed by atoms with Crippen molar-refractivity contribution in [3.05, 3.63) is 12.4 Å². The molecule has 2 rings (SSSR count). The summed E-state index contributed by atoms with van der Waals surface area (Å²) in [5, 5.41) is 4.31. The Morgan fingerprint density at radius 3 is 2.17 bits per heavy atom. The molecule has 23 heavy (non-hydrogen) atoms. The zero-order chi connectivity index (χ0) is 16.1. The number of hydrogen-bond acceptors (Lipinski definition) is 6. The van der Waals surface area contributed by atoms with Gasteiger partial charge in [0.15, 0.2) is 11.5 Å². The summed E-state index contributed by atoms with van der Waals surface area (Å²) >= 11 is 0. The molecule has 0 aliphatic heterocycles. The molecule has 0 saturated carbocycles. The standard InChI is InChI=1S/C16H23N3O3.ClH/c1-6-10(7-2)19-16-11-8-12(20-3)14(21-4)15(22-5)13(11)17-9-18-16;/h8-10H,6-7H2,1-5H3,(H,17,18,19);1H. The molecule has 1 N–H and O–H groups in total. The zero-order valence-electron chi connectivity index (χ0n) is 14.2. The van der Waals surface area contributed by atoms with Crippen LogP contribution in [0.5, 0.6) is 17.2 Å². The van der Waals surface area contributed by atoms with Crippen LogP contribution >= 0.6 is 12.4 Å². The smallest absolute Gasteiger partial charge is 0.205 e. The van der Waals surface area contributed by atoms with Crippen LogP contribution in [-0.2, 0) is 0 Å². The van der Waals surface area contributed by atoms with Gasteiger partial charge in [0, 0.05) is 6.04 Å². The summed E-state index contributed by atoms with van der Waals surface area (Å²) in [6, 6.07) is 2.23. The molecule has 0 aliphatic rings. The average molecular weight is 342 g/mol. The topological polar surface area (TPSA) is 65.5 Å². The second kappa shape index (κ2) is 8.62. The van der Waals surface area contributed by atoms with Crippen molar-refractivity contribution in [1.82, 2.24) is 9.97 Å². The van der Waals surface area contributed by atoms with Crippen molar-refractivity contribution in [3.8, 4) is 17.2 Å². The maximum Gasteiger partial charge on any atom is 0.205 e.